The minimum absolute atomic E-state index is 0.109. The maximum Gasteiger partial charge on any atom is 0.277 e. The summed E-state index contributed by atoms with van der Waals surface area (Å²) in [5, 5.41) is 11.0. The quantitative estimate of drug-likeness (QED) is 0.707. The molecule has 0 aliphatic heterocycles. The van der Waals surface area contributed by atoms with Crippen LogP contribution in [0.25, 0.3) is 11.5 Å². The molecule has 0 saturated heterocycles. The van der Waals surface area contributed by atoms with Gasteiger partial charge in [0.05, 0.1) is 5.25 Å². The van der Waals surface area contributed by atoms with Crippen molar-refractivity contribution in [3.63, 3.8) is 0 Å². The number of hydrogen-bond acceptors (Lipinski definition) is 5. The highest BCUT2D eigenvalue weighted by atomic mass is 32.2. The highest BCUT2D eigenvalue weighted by Crippen LogP contribution is 2.28. The molecular weight excluding hydrogens is 322 g/mol. The number of carbonyl (C=O) groups is 1. The third kappa shape index (κ3) is 3.83. The molecular formula is C18H17N3O2S. The molecule has 5 nitrogen and oxygen atoms in total. The van der Waals surface area contributed by atoms with Crippen LogP contribution >= 0.6 is 11.8 Å². The molecule has 0 radical (unpaired) electrons. The van der Waals surface area contributed by atoms with Crippen LogP contribution in [-0.2, 0) is 4.79 Å². The summed E-state index contributed by atoms with van der Waals surface area (Å²) in [5.41, 5.74) is 2.73. The van der Waals surface area contributed by atoms with Gasteiger partial charge in [-0.2, -0.15) is 0 Å². The van der Waals surface area contributed by atoms with Gasteiger partial charge in [-0.05, 0) is 37.6 Å². The highest BCUT2D eigenvalue weighted by molar-refractivity contribution is 8.00. The van der Waals surface area contributed by atoms with Crippen molar-refractivity contribution in [1.29, 1.82) is 0 Å². The third-order valence-corrected chi connectivity index (χ3v) is 4.40. The molecule has 122 valence electrons. The average molecular weight is 339 g/mol. The molecule has 0 fully saturated rings. The summed E-state index contributed by atoms with van der Waals surface area (Å²) in [5.74, 6) is 0.355. The second-order valence-electron chi connectivity index (χ2n) is 5.30. The number of aromatic nitrogens is 2. The largest absolute Gasteiger partial charge is 0.411 e. The summed E-state index contributed by atoms with van der Waals surface area (Å²) in [4.78, 5) is 12.2. The fourth-order valence-corrected chi connectivity index (χ4v) is 2.83. The summed E-state index contributed by atoms with van der Waals surface area (Å²) in [6, 6.07) is 17.1. The molecule has 0 saturated carbocycles. The minimum Gasteiger partial charge on any atom is -0.411 e. The zero-order valence-corrected chi connectivity index (χ0v) is 14.2. The van der Waals surface area contributed by atoms with E-state index in [4.69, 9.17) is 4.42 Å². The first-order valence-electron chi connectivity index (χ1n) is 7.55. The standard InChI is InChI=1S/C18H17N3O2S/c1-12-8-6-7-11-15(12)17-20-21-18(23-17)24-13(2)16(22)19-14-9-4-3-5-10-14/h3-11,13H,1-2H3,(H,19,22). The molecule has 1 unspecified atom stereocenters. The van der Waals surface area contributed by atoms with Crippen LogP contribution in [0.1, 0.15) is 12.5 Å². The van der Waals surface area contributed by atoms with Crippen molar-refractivity contribution < 1.29 is 9.21 Å². The van der Waals surface area contributed by atoms with Gasteiger partial charge in [-0.3, -0.25) is 4.79 Å². The SMILES string of the molecule is Cc1ccccc1-c1nnc(SC(C)C(=O)Nc2ccccc2)o1. The van der Waals surface area contributed by atoms with Gasteiger partial charge in [0.25, 0.3) is 5.22 Å². The Kier molecular flexibility index (Phi) is 4.96. The molecule has 3 aromatic rings. The molecule has 1 amide bonds. The number of benzene rings is 2. The van der Waals surface area contributed by atoms with Crippen molar-refractivity contribution in [2.75, 3.05) is 5.32 Å². The van der Waals surface area contributed by atoms with Gasteiger partial charge in [-0.15, -0.1) is 10.2 Å². The Morgan fingerprint density at radius 3 is 2.54 bits per heavy atom. The number of anilines is 1. The lowest BCUT2D eigenvalue weighted by Crippen LogP contribution is -2.22. The van der Waals surface area contributed by atoms with E-state index in [9.17, 15) is 4.79 Å². The van der Waals surface area contributed by atoms with Crippen LogP contribution in [0.5, 0.6) is 0 Å². The number of nitrogens with zero attached hydrogens (tertiary/aromatic N) is 2. The Balaban J connectivity index is 1.66. The zero-order chi connectivity index (χ0) is 16.9. The van der Waals surface area contributed by atoms with Gasteiger partial charge in [-0.25, -0.2) is 0 Å². The molecule has 0 bridgehead atoms. The van der Waals surface area contributed by atoms with Crippen molar-refractivity contribution in [3.8, 4) is 11.5 Å². The van der Waals surface area contributed by atoms with Gasteiger partial charge in [-0.1, -0.05) is 48.2 Å². The van der Waals surface area contributed by atoms with Gasteiger partial charge in [0.1, 0.15) is 0 Å². The Hall–Kier alpha value is -2.60. The van der Waals surface area contributed by atoms with E-state index in [2.05, 4.69) is 15.5 Å². The van der Waals surface area contributed by atoms with Crippen LogP contribution < -0.4 is 5.32 Å². The van der Waals surface area contributed by atoms with E-state index in [-0.39, 0.29) is 11.2 Å². The fourth-order valence-electron chi connectivity index (χ4n) is 2.15. The Morgan fingerprint density at radius 1 is 1.08 bits per heavy atom. The van der Waals surface area contributed by atoms with Crippen molar-refractivity contribution in [3.05, 3.63) is 60.2 Å². The second kappa shape index (κ2) is 7.31. The van der Waals surface area contributed by atoms with Gasteiger partial charge in [0.15, 0.2) is 0 Å². The predicted molar refractivity (Wildman–Crippen MR) is 94.9 cm³/mol. The van der Waals surface area contributed by atoms with E-state index in [0.29, 0.717) is 11.1 Å². The number of thioether (sulfide) groups is 1. The molecule has 0 aliphatic rings. The molecule has 1 N–H and O–H groups in total. The van der Waals surface area contributed by atoms with E-state index in [1.165, 1.54) is 11.8 Å². The topological polar surface area (TPSA) is 68.0 Å². The van der Waals surface area contributed by atoms with Crippen LogP contribution in [0, 0.1) is 6.92 Å². The first-order valence-corrected chi connectivity index (χ1v) is 8.43. The summed E-state index contributed by atoms with van der Waals surface area (Å²) >= 11 is 1.24. The number of carbonyl (C=O) groups excluding carboxylic acids is 1. The smallest absolute Gasteiger partial charge is 0.277 e. The number of para-hydroxylation sites is 1. The van der Waals surface area contributed by atoms with Crippen molar-refractivity contribution >= 4 is 23.4 Å². The van der Waals surface area contributed by atoms with Crippen molar-refractivity contribution in [2.24, 2.45) is 0 Å². The maximum atomic E-state index is 12.2. The third-order valence-electron chi connectivity index (χ3n) is 3.47. The summed E-state index contributed by atoms with van der Waals surface area (Å²) in [6.45, 7) is 3.79. The average Bonchev–Trinajstić information content (AvgIpc) is 3.04. The minimum atomic E-state index is -0.352. The van der Waals surface area contributed by atoms with Gasteiger partial charge >= 0.3 is 0 Å². The molecule has 3 rings (SSSR count). The molecule has 24 heavy (non-hydrogen) atoms. The molecule has 6 heteroatoms. The van der Waals surface area contributed by atoms with Crippen molar-refractivity contribution in [1.82, 2.24) is 10.2 Å². The number of aryl methyl sites for hydroxylation is 1. The summed E-state index contributed by atoms with van der Waals surface area (Å²) in [7, 11) is 0. The molecule has 0 aliphatic carbocycles. The number of rotatable bonds is 5. The fraction of sp³-hybridized carbons (Fsp3) is 0.167. The Labute approximate surface area is 144 Å². The van der Waals surface area contributed by atoms with E-state index in [0.717, 1.165) is 16.8 Å². The van der Waals surface area contributed by atoms with E-state index >= 15 is 0 Å². The number of hydrogen-bond donors (Lipinski definition) is 1. The summed E-state index contributed by atoms with van der Waals surface area (Å²) < 4.78 is 5.68. The lowest BCUT2D eigenvalue weighted by atomic mass is 10.1. The predicted octanol–water partition coefficient (Wildman–Crippen LogP) is 4.16. The van der Waals surface area contributed by atoms with E-state index < -0.39 is 0 Å². The second-order valence-corrected chi connectivity index (χ2v) is 6.60. The van der Waals surface area contributed by atoms with Crippen LogP contribution in [0.15, 0.2) is 64.2 Å². The lowest BCUT2D eigenvalue weighted by molar-refractivity contribution is -0.115. The molecule has 2 aromatic carbocycles. The molecule has 1 heterocycles. The van der Waals surface area contributed by atoms with Gasteiger partial charge in [0.2, 0.25) is 11.8 Å². The molecule has 0 spiro atoms. The van der Waals surface area contributed by atoms with E-state index in [1.54, 1.807) is 6.92 Å². The molecule has 1 atom stereocenters. The Morgan fingerprint density at radius 2 is 1.79 bits per heavy atom. The summed E-state index contributed by atoms with van der Waals surface area (Å²) in [6.07, 6.45) is 0. The monoisotopic (exact) mass is 339 g/mol. The van der Waals surface area contributed by atoms with Crippen LogP contribution in [0.2, 0.25) is 0 Å². The number of amides is 1. The highest BCUT2D eigenvalue weighted by Gasteiger charge is 2.19. The Bertz CT molecular complexity index is 833. The van der Waals surface area contributed by atoms with Crippen molar-refractivity contribution in [2.45, 2.75) is 24.3 Å². The normalized spacial score (nSPS) is 11.9. The van der Waals surface area contributed by atoms with Crippen LogP contribution in [0.4, 0.5) is 5.69 Å². The van der Waals surface area contributed by atoms with Crippen LogP contribution in [0.3, 0.4) is 0 Å². The first-order chi connectivity index (χ1) is 11.6. The van der Waals surface area contributed by atoms with Crippen LogP contribution in [-0.4, -0.2) is 21.4 Å². The first kappa shape index (κ1) is 16.3. The van der Waals surface area contributed by atoms with Gasteiger partial charge < -0.3 is 9.73 Å². The molecule has 1 aromatic heterocycles. The zero-order valence-electron chi connectivity index (χ0n) is 13.4. The lowest BCUT2D eigenvalue weighted by Gasteiger charge is -2.09. The number of nitrogens with one attached hydrogen (secondary N) is 1. The van der Waals surface area contributed by atoms with E-state index in [1.807, 2.05) is 61.5 Å². The maximum absolute atomic E-state index is 12.2. The van der Waals surface area contributed by atoms with Gasteiger partial charge in [0, 0.05) is 11.3 Å².